The Balaban J connectivity index is 1.60. The van der Waals surface area contributed by atoms with E-state index in [1.165, 1.54) is 49.6 Å². The Morgan fingerprint density at radius 1 is 0.971 bits per heavy atom. The van der Waals surface area contributed by atoms with Crippen LogP contribution in [0.1, 0.15) is 27.8 Å². The van der Waals surface area contributed by atoms with Crippen molar-refractivity contribution in [2.24, 2.45) is 0 Å². The Morgan fingerprint density at radius 3 is 2.43 bits per heavy atom. The first kappa shape index (κ1) is 23.8. The van der Waals surface area contributed by atoms with E-state index in [4.69, 9.17) is 13.9 Å². The molecule has 35 heavy (non-hydrogen) atoms. The van der Waals surface area contributed by atoms with Gasteiger partial charge in [-0.3, -0.25) is 9.52 Å². The van der Waals surface area contributed by atoms with Gasteiger partial charge in [0.05, 0.1) is 18.6 Å². The van der Waals surface area contributed by atoms with Gasteiger partial charge in [0.25, 0.3) is 15.9 Å². The van der Waals surface area contributed by atoms with E-state index in [2.05, 4.69) is 10.0 Å². The van der Waals surface area contributed by atoms with E-state index in [-0.39, 0.29) is 34.2 Å². The Morgan fingerprint density at radius 2 is 1.71 bits per heavy atom. The number of ether oxygens (including phenoxy) is 2. The molecule has 0 aliphatic heterocycles. The quantitative estimate of drug-likeness (QED) is 0.341. The van der Waals surface area contributed by atoms with Gasteiger partial charge in [0, 0.05) is 16.6 Å². The highest BCUT2D eigenvalue weighted by molar-refractivity contribution is 7.92. The van der Waals surface area contributed by atoms with Crippen LogP contribution in [0.2, 0.25) is 0 Å². The molecule has 2 N–H and O–H groups in total. The SMILES string of the molecule is CCOC(=O)c1oc2ccccc2c1NC(=O)c1cccc(NS(=O)(=O)c2ccc(OC)cc2)c1. The van der Waals surface area contributed by atoms with Crippen molar-refractivity contribution in [2.75, 3.05) is 23.8 Å². The summed E-state index contributed by atoms with van der Waals surface area (Å²) in [6, 6.07) is 18.7. The van der Waals surface area contributed by atoms with E-state index >= 15 is 0 Å². The van der Waals surface area contributed by atoms with Gasteiger partial charge < -0.3 is 19.2 Å². The minimum atomic E-state index is -3.90. The van der Waals surface area contributed by atoms with Crippen LogP contribution in [0.25, 0.3) is 11.0 Å². The average Bonchev–Trinajstić information content (AvgIpc) is 3.22. The Labute approximate surface area is 201 Å². The van der Waals surface area contributed by atoms with Gasteiger partial charge in [0.2, 0.25) is 5.76 Å². The maximum absolute atomic E-state index is 13.1. The van der Waals surface area contributed by atoms with Crippen LogP contribution in [0.3, 0.4) is 0 Å². The maximum atomic E-state index is 13.1. The third kappa shape index (κ3) is 5.12. The van der Waals surface area contributed by atoms with E-state index in [0.29, 0.717) is 16.7 Å². The molecule has 1 amide bonds. The minimum Gasteiger partial charge on any atom is -0.497 e. The molecule has 3 aromatic carbocycles. The lowest BCUT2D eigenvalue weighted by Gasteiger charge is -2.11. The summed E-state index contributed by atoms with van der Waals surface area (Å²) < 4.78 is 43.7. The number of furan rings is 1. The highest BCUT2D eigenvalue weighted by Crippen LogP contribution is 2.32. The first-order chi connectivity index (χ1) is 16.8. The molecule has 9 nitrogen and oxygen atoms in total. The van der Waals surface area contributed by atoms with Crippen molar-refractivity contribution in [3.63, 3.8) is 0 Å². The van der Waals surface area contributed by atoms with Crippen molar-refractivity contribution in [3.05, 3.63) is 84.1 Å². The van der Waals surface area contributed by atoms with Gasteiger partial charge in [-0.25, -0.2) is 13.2 Å². The zero-order valence-electron chi connectivity index (χ0n) is 18.9. The third-order valence-corrected chi connectivity index (χ3v) is 6.44. The number of carbonyl (C=O) groups is 2. The number of anilines is 2. The number of carbonyl (C=O) groups excluding carboxylic acids is 2. The number of esters is 1. The number of sulfonamides is 1. The number of rotatable bonds is 8. The van der Waals surface area contributed by atoms with Gasteiger partial charge in [0.1, 0.15) is 17.0 Å². The van der Waals surface area contributed by atoms with Gasteiger partial charge in [-0.2, -0.15) is 0 Å². The first-order valence-electron chi connectivity index (χ1n) is 10.6. The predicted molar refractivity (Wildman–Crippen MR) is 130 cm³/mol. The van der Waals surface area contributed by atoms with Gasteiger partial charge in [-0.05, 0) is 61.5 Å². The summed E-state index contributed by atoms with van der Waals surface area (Å²) in [6.07, 6.45) is 0. The predicted octanol–water partition coefficient (Wildman–Crippen LogP) is 4.67. The normalized spacial score (nSPS) is 11.1. The molecule has 0 aliphatic carbocycles. The van der Waals surface area contributed by atoms with Crippen molar-refractivity contribution in [2.45, 2.75) is 11.8 Å². The number of amides is 1. The molecule has 10 heteroatoms. The number of benzene rings is 3. The molecule has 4 rings (SSSR count). The van der Waals surface area contributed by atoms with Crippen molar-refractivity contribution >= 4 is 44.2 Å². The van der Waals surface area contributed by atoms with E-state index in [9.17, 15) is 18.0 Å². The molecular formula is C25H22N2O7S. The van der Waals surface area contributed by atoms with Gasteiger partial charge in [-0.1, -0.05) is 18.2 Å². The number of para-hydroxylation sites is 1. The highest BCUT2D eigenvalue weighted by atomic mass is 32.2. The summed E-state index contributed by atoms with van der Waals surface area (Å²) in [5.41, 5.74) is 0.941. The number of methoxy groups -OCH3 is 1. The molecule has 4 aromatic rings. The molecular weight excluding hydrogens is 472 g/mol. The fourth-order valence-corrected chi connectivity index (χ4v) is 4.44. The Bertz CT molecular complexity index is 1490. The first-order valence-corrected chi connectivity index (χ1v) is 12.1. The van der Waals surface area contributed by atoms with Crippen molar-refractivity contribution < 1.29 is 31.9 Å². The summed E-state index contributed by atoms with van der Waals surface area (Å²) in [4.78, 5) is 25.5. The Hall–Kier alpha value is -4.31. The molecule has 0 unspecified atom stereocenters. The Kier molecular flexibility index (Phi) is 6.74. The lowest BCUT2D eigenvalue weighted by molar-refractivity contribution is 0.0494. The van der Waals surface area contributed by atoms with Crippen LogP contribution < -0.4 is 14.8 Å². The highest BCUT2D eigenvalue weighted by Gasteiger charge is 2.24. The average molecular weight is 495 g/mol. The van der Waals surface area contributed by atoms with Crippen LogP contribution in [-0.4, -0.2) is 34.0 Å². The maximum Gasteiger partial charge on any atom is 0.376 e. The summed E-state index contributed by atoms with van der Waals surface area (Å²) in [7, 11) is -2.41. The van der Waals surface area contributed by atoms with Gasteiger partial charge >= 0.3 is 5.97 Å². The molecule has 1 aromatic heterocycles. The topological polar surface area (TPSA) is 124 Å². The largest absolute Gasteiger partial charge is 0.497 e. The molecule has 1 heterocycles. The standard InChI is InChI=1S/C25H22N2O7S/c1-3-33-25(29)23-22(20-9-4-5-10-21(20)34-23)26-24(28)16-7-6-8-17(15-16)27-35(30,31)19-13-11-18(32-2)12-14-19/h4-15,27H,3H2,1-2H3,(H,26,28). The molecule has 0 saturated carbocycles. The van der Waals surface area contributed by atoms with Crippen molar-refractivity contribution in [3.8, 4) is 5.75 Å². The van der Waals surface area contributed by atoms with Crippen LogP contribution in [0.5, 0.6) is 5.75 Å². The van der Waals surface area contributed by atoms with E-state index < -0.39 is 21.9 Å². The van der Waals surface area contributed by atoms with Crippen LogP contribution >= 0.6 is 0 Å². The minimum absolute atomic E-state index is 0.0390. The van der Waals surface area contributed by atoms with Gasteiger partial charge in [0.15, 0.2) is 0 Å². The van der Waals surface area contributed by atoms with Crippen molar-refractivity contribution in [1.29, 1.82) is 0 Å². The number of fused-ring (bicyclic) bond motifs is 1. The van der Waals surface area contributed by atoms with Crippen LogP contribution in [0.15, 0.2) is 82.1 Å². The second kappa shape index (κ2) is 9.90. The fourth-order valence-electron chi connectivity index (χ4n) is 3.39. The molecule has 0 bridgehead atoms. The van der Waals surface area contributed by atoms with Gasteiger partial charge in [-0.15, -0.1) is 0 Å². The number of hydrogen-bond acceptors (Lipinski definition) is 7. The molecule has 0 fully saturated rings. The summed E-state index contributed by atoms with van der Waals surface area (Å²) in [5.74, 6) is -0.873. The molecule has 0 radical (unpaired) electrons. The zero-order chi connectivity index (χ0) is 25.0. The lowest BCUT2D eigenvalue weighted by atomic mass is 10.1. The number of hydrogen-bond donors (Lipinski definition) is 2. The summed E-state index contributed by atoms with van der Waals surface area (Å²) in [6.45, 7) is 1.80. The lowest BCUT2D eigenvalue weighted by Crippen LogP contribution is -2.16. The second-order valence-electron chi connectivity index (χ2n) is 7.34. The second-order valence-corrected chi connectivity index (χ2v) is 9.02. The monoisotopic (exact) mass is 494 g/mol. The fraction of sp³-hybridized carbons (Fsp3) is 0.120. The summed E-state index contributed by atoms with van der Waals surface area (Å²) >= 11 is 0. The van der Waals surface area contributed by atoms with Crippen LogP contribution in [0, 0.1) is 0 Å². The molecule has 0 aliphatic rings. The molecule has 0 saturated heterocycles. The van der Waals surface area contributed by atoms with E-state index in [1.807, 2.05) is 0 Å². The van der Waals surface area contributed by atoms with E-state index in [1.54, 1.807) is 37.3 Å². The molecule has 0 spiro atoms. The van der Waals surface area contributed by atoms with Crippen LogP contribution in [0.4, 0.5) is 11.4 Å². The molecule has 0 atom stereocenters. The summed E-state index contributed by atoms with van der Waals surface area (Å²) in [5, 5.41) is 3.23. The smallest absolute Gasteiger partial charge is 0.376 e. The van der Waals surface area contributed by atoms with E-state index in [0.717, 1.165) is 0 Å². The molecule has 180 valence electrons. The third-order valence-electron chi connectivity index (χ3n) is 5.04. The zero-order valence-corrected chi connectivity index (χ0v) is 19.7. The van der Waals surface area contributed by atoms with Crippen molar-refractivity contribution in [1.82, 2.24) is 0 Å². The number of nitrogens with one attached hydrogen (secondary N) is 2. The van der Waals surface area contributed by atoms with Crippen LogP contribution in [-0.2, 0) is 14.8 Å².